The smallest absolute Gasteiger partial charge is 0.253 e. The van der Waals surface area contributed by atoms with Gasteiger partial charge in [-0.2, -0.15) is 0 Å². The summed E-state index contributed by atoms with van der Waals surface area (Å²) >= 11 is 0. The molecule has 3 rings (SSSR count). The minimum atomic E-state index is 0.0727. The van der Waals surface area contributed by atoms with Gasteiger partial charge in [-0.3, -0.25) is 9.69 Å². The van der Waals surface area contributed by atoms with Crippen molar-refractivity contribution < 1.29 is 9.90 Å². The third-order valence-corrected chi connectivity index (χ3v) is 4.75. The number of carbonyl (C=O) groups is 1. The average molecular weight is 338 g/mol. The van der Waals surface area contributed by atoms with Crippen molar-refractivity contribution in [2.45, 2.75) is 19.5 Å². The van der Waals surface area contributed by atoms with E-state index in [-0.39, 0.29) is 18.4 Å². The fourth-order valence-corrected chi connectivity index (χ4v) is 3.41. The quantitative estimate of drug-likeness (QED) is 0.881. The van der Waals surface area contributed by atoms with Crippen molar-refractivity contribution in [3.63, 3.8) is 0 Å². The lowest BCUT2D eigenvalue weighted by Crippen LogP contribution is -2.29. The maximum Gasteiger partial charge on any atom is 0.253 e. The second kappa shape index (κ2) is 8.28. The van der Waals surface area contributed by atoms with Crippen LogP contribution in [0, 0.1) is 5.92 Å². The number of aliphatic hydroxyl groups is 1. The zero-order valence-corrected chi connectivity index (χ0v) is 14.8. The van der Waals surface area contributed by atoms with E-state index in [1.54, 1.807) is 0 Å². The zero-order chi connectivity index (χ0) is 17.6. The maximum atomic E-state index is 12.7. The summed E-state index contributed by atoms with van der Waals surface area (Å²) in [7, 11) is 2.09. The van der Waals surface area contributed by atoms with Gasteiger partial charge in [-0.1, -0.05) is 42.5 Å². The molecule has 1 unspecified atom stereocenters. The molecule has 0 aromatic heterocycles. The summed E-state index contributed by atoms with van der Waals surface area (Å²) in [6, 6.07) is 18.3. The average Bonchev–Trinajstić information content (AvgIpc) is 3.11. The van der Waals surface area contributed by atoms with Gasteiger partial charge in [0.2, 0.25) is 0 Å². The predicted octanol–water partition coefficient (Wildman–Crippen LogP) is 2.77. The molecule has 1 aliphatic rings. The lowest BCUT2D eigenvalue weighted by atomic mass is 10.1. The Morgan fingerprint density at radius 1 is 1.12 bits per heavy atom. The molecule has 1 aliphatic heterocycles. The largest absolute Gasteiger partial charge is 0.396 e. The number of amides is 1. The molecule has 25 heavy (non-hydrogen) atoms. The minimum absolute atomic E-state index is 0.0727. The van der Waals surface area contributed by atoms with Gasteiger partial charge in [-0.05, 0) is 36.7 Å². The van der Waals surface area contributed by atoms with Crippen LogP contribution in [0.15, 0.2) is 54.6 Å². The highest BCUT2D eigenvalue weighted by Crippen LogP contribution is 2.19. The number of likely N-dealkylation sites (tertiary alicyclic amines) is 1. The van der Waals surface area contributed by atoms with Crippen LogP contribution in [-0.2, 0) is 13.1 Å². The third kappa shape index (κ3) is 4.68. The molecular weight excluding hydrogens is 312 g/mol. The van der Waals surface area contributed by atoms with Gasteiger partial charge < -0.3 is 10.0 Å². The number of aliphatic hydroxyl groups excluding tert-OH is 1. The molecule has 4 heteroatoms. The first-order valence-corrected chi connectivity index (χ1v) is 8.87. The van der Waals surface area contributed by atoms with Gasteiger partial charge in [0, 0.05) is 44.3 Å². The first-order chi connectivity index (χ1) is 12.2. The van der Waals surface area contributed by atoms with Crippen LogP contribution in [0.5, 0.6) is 0 Å². The summed E-state index contributed by atoms with van der Waals surface area (Å²) in [6.07, 6.45) is 0.891. The van der Waals surface area contributed by atoms with Crippen molar-refractivity contribution in [2.75, 3.05) is 26.7 Å². The van der Waals surface area contributed by atoms with Crippen LogP contribution >= 0.6 is 0 Å². The highest BCUT2D eigenvalue weighted by atomic mass is 16.3. The number of carbonyl (C=O) groups excluding carboxylic acids is 1. The van der Waals surface area contributed by atoms with Gasteiger partial charge in [0.15, 0.2) is 0 Å². The first-order valence-electron chi connectivity index (χ1n) is 8.87. The van der Waals surface area contributed by atoms with Gasteiger partial charge >= 0.3 is 0 Å². The van der Waals surface area contributed by atoms with Crippen LogP contribution in [0.25, 0.3) is 0 Å². The number of nitrogens with zero attached hydrogens (tertiary/aromatic N) is 2. The Hall–Kier alpha value is -2.17. The SMILES string of the molecule is CN(Cc1ccccc1)Cc1cccc(C(=O)N2CCC(CO)C2)c1. The highest BCUT2D eigenvalue weighted by molar-refractivity contribution is 5.94. The second-order valence-corrected chi connectivity index (χ2v) is 6.95. The molecular formula is C21H26N2O2. The van der Waals surface area contributed by atoms with Crippen molar-refractivity contribution in [2.24, 2.45) is 5.92 Å². The zero-order valence-electron chi connectivity index (χ0n) is 14.8. The van der Waals surface area contributed by atoms with Crippen LogP contribution < -0.4 is 0 Å². The van der Waals surface area contributed by atoms with Gasteiger partial charge in [-0.15, -0.1) is 0 Å². The van der Waals surface area contributed by atoms with E-state index >= 15 is 0 Å². The summed E-state index contributed by atoms with van der Waals surface area (Å²) < 4.78 is 0. The van der Waals surface area contributed by atoms with Gasteiger partial charge in [0.05, 0.1) is 0 Å². The Morgan fingerprint density at radius 3 is 2.56 bits per heavy atom. The van der Waals surface area contributed by atoms with E-state index in [1.807, 2.05) is 29.2 Å². The Balaban J connectivity index is 1.62. The standard InChI is InChI=1S/C21H26N2O2/c1-22(13-17-6-3-2-4-7-17)14-18-8-5-9-20(12-18)21(25)23-11-10-19(15-23)16-24/h2-9,12,19,24H,10-11,13-16H2,1H3. The summed E-state index contributed by atoms with van der Waals surface area (Å²) in [5, 5.41) is 9.26. The normalized spacial score (nSPS) is 17.2. The van der Waals surface area contributed by atoms with Crippen LogP contribution in [0.1, 0.15) is 27.9 Å². The molecule has 132 valence electrons. The molecule has 1 N–H and O–H groups in total. The van der Waals surface area contributed by atoms with Crippen molar-refractivity contribution in [3.05, 3.63) is 71.3 Å². The van der Waals surface area contributed by atoms with Crippen LogP contribution in [0.2, 0.25) is 0 Å². The second-order valence-electron chi connectivity index (χ2n) is 6.95. The maximum absolute atomic E-state index is 12.7. The fraction of sp³-hybridized carbons (Fsp3) is 0.381. The van der Waals surface area contributed by atoms with E-state index in [9.17, 15) is 9.90 Å². The molecule has 0 spiro atoms. The van der Waals surface area contributed by atoms with Crippen molar-refractivity contribution in [3.8, 4) is 0 Å². The number of hydrogen-bond donors (Lipinski definition) is 1. The van der Waals surface area contributed by atoms with Crippen molar-refractivity contribution in [1.29, 1.82) is 0 Å². The summed E-state index contributed by atoms with van der Waals surface area (Å²) in [4.78, 5) is 16.8. The summed E-state index contributed by atoms with van der Waals surface area (Å²) in [5.41, 5.74) is 3.16. The lowest BCUT2D eigenvalue weighted by Gasteiger charge is -2.19. The minimum Gasteiger partial charge on any atom is -0.396 e. The monoisotopic (exact) mass is 338 g/mol. The van der Waals surface area contributed by atoms with Crippen LogP contribution in [0.4, 0.5) is 0 Å². The van der Waals surface area contributed by atoms with Gasteiger partial charge in [0.25, 0.3) is 5.91 Å². The molecule has 0 saturated carbocycles. The van der Waals surface area contributed by atoms with E-state index in [1.165, 1.54) is 5.56 Å². The number of hydrogen-bond acceptors (Lipinski definition) is 3. The van der Waals surface area contributed by atoms with Gasteiger partial charge in [0.1, 0.15) is 0 Å². The van der Waals surface area contributed by atoms with Crippen LogP contribution in [0.3, 0.4) is 0 Å². The number of benzene rings is 2. The van der Waals surface area contributed by atoms with E-state index in [0.717, 1.165) is 37.2 Å². The first kappa shape index (κ1) is 17.6. The Morgan fingerprint density at radius 2 is 1.84 bits per heavy atom. The molecule has 1 saturated heterocycles. The molecule has 1 amide bonds. The molecule has 0 radical (unpaired) electrons. The predicted molar refractivity (Wildman–Crippen MR) is 99.2 cm³/mol. The topological polar surface area (TPSA) is 43.8 Å². The van der Waals surface area contributed by atoms with E-state index in [0.29, 0.717) is 6.54 Å². The third-order valence-electron chi connectivity index (χ3n) is 4.75. The molecule has 0 aliphatic carbocycles. The summed E-state index contributed by atoms with van der Waals surface area (Å²) in [6.45, 7) is 3.24. The van der Waals surface area contributed by atoms with E-state index < -0.39 is 0 Å². The fourth-order valence-electron chi connectivity index (χ4n) is 3.41. The molecule has 1 fully saturated rings. The lowest BCUT2D eigenvalue weighted by molar-refractivity contribution is 0.0781. The molecule has 2 aromatic carbocycles. The van der Waals surface area contributed by atoms with E-state index in [4.69, 9.17) is 0 Å². The molecule has 1 heterocycles. The molecule has 0 bridgehead atoms. The molecule has 1 atom stereocenters. The Bertz CT molecular complexity index is 702. The van der Waals surface area contributed by atoms with Crippen molar-refractivity contribution in [1.82, 2.24) is 9.80 Å². The Kier molecular flexibility index (Phi) is 5.84. The van der Waals surface area contributed by atoms with Gasteiger partial charge in [-0.25, -0.2) is 0 Å². The van der Waals surface area contributed by atoms with E-state index in [2.05, 4.69) is 42.3 Å². The Labute approximate surface area is 149 Å². The molecule has 4 nitrogen and oxygen atoms in total. The highest BCUT2D eigenvalue weighted by Gasteiger charge is 2.26. The number of rotatable bonds is 6. The summed E-state index contributed by atoms with van der Waals surface area (Å²) in [5.74, 6) is 0.299. The van der Waals surface area contributed by atoms with Crippen LogP contribution in [-0.4, -0.2) is 47.6 Å². The molecule has 2 aromatic rings. The van der Waals surface area contributed by atoms with Crippen molar-refractivity contribution >= 4 is 5.91 Å².